The van der Waals surface area contributed by atoms with Crippen LogP contribution in [-0.4, -0.2) is 24.5 Å². The highest BCUT2D eigenvalue weighted by Gasteiger charge is 2.02. The molecular formula is C22H26N4OS. The van der Waals surface area contributed by atoms with Crippen molar-refractivity contribution < 1.29 is 4.74 Å². The number of guanidine groups is 1. The zero-order chi connectivity index (χ0) is 19.6. The number of rotatable bonds is 8. The van der Waals surface area contributed by atoms with E-state index in [2.05, 4.69) is 51.8 Å². The van der Waals surface area contributed by atoms with Crippen molar-refractivity contribution in [3.63, 3.8) is 0 Å². The summed E-state index contributed by atoms with van der Waals surface area (Å²) in [6.07, 6.45) is 2.81. The first-order chi connectivity index (χ1) is 13.7. The van der Waals surface area contributed by atoms with Gasteiger partial charge in [-0.2, -0.15) is 0 Å². The molecule has 28 heavy (non-hydrogen) atoms. The predicted molar refractivity (Wildman–Crippen MR) is 116 cm³/mol. The fourth-order valence-electron chi connectivity index (χ4n) is 2.68. The van der Waals surface area contributed by atoms with Crippen LogP contribution in [0.2, 0.25) is 0 Å². The number of aromatic nitrogens is 1. The van der Waals surface area contributed by atoms with Gasteiger partial charge in [0.05, 0.1) is 6.54 Å². The van der Waals surface area contributed by atoms with Crippen molar-refractivity contribution in [2.24, 2.45) is 4.99 Å². The van der Waals surface area contributed by atoms with Gasteiger partial charge in [0.15, 0.2) is 5.96 Å². The van der Waals surface area contributed by atoms with Gasteiger partial charge in [-0.05, 0) is 36.6 Å². The Hall–Kier alpha value is -2.86. The number of hydrogen-bond donors (Lipinski definition) is 2. The Morgan fingerprint density at radius 3 is 2.50 bits per heavy atom. The molecule has 0 bridgehead atoms. The number of nitrogens with zero attached hydrogens (tertiary/aromatic N) is 2. The van der Waals surface area contributed by atoms with Gasteiger partial charge >= 0.3 is 0 Å². The zero-order valence-electron chi connectivity index (χ0n) is 16.3. The standard InChI is InChI=1S/C22H26N4OS/c1-17-14-25-21(28-17)15-26-22(23-2)24-13-12-18-8-10-20(11-9-18)27-16-19-6-4-3-5-7-19/h3-11,14H,12-13,15-16H2,1-2H3,(H2,23,24,26). The van der Waals surface area contributed by atoms with Gasteiger partial charge in [-0.15, -0.1) is 11.3 Å². The normalized spacial score (nSPS) is 11.3. The number of thiazole rings is 1. The Kier molecular flexibility index (Phi) is 7.44. The quantitative estimate of drug-likeness (QED) is 0.449. The number of hydrogen-bond acceptors (Lipinski definition) is 4. The van der Waals surface area contributed by atoms with Crippen molar-refractivity contribution in [1.29, 1.82) is 0 Å². The third-order valence-corrected chi connectivity index (χ3v) is 5.09. The Balaban J connectivity index is 1.39. The molecule has 0 atom stereocenters. The first-order valence-corrected chi connectivity index (χ1v) is 10.2. The SMILES string of the molecule is CN=C(NCCc1ccc(OCc2ccccc2)cc1)NCc1ncc(C)s1. The van der Waals surface area contributed by atoms with Gasteiger partial charge in [0, 0.05) is 24.7 Å². The van der Waals surface area contributed by atoms with Crippen LogP contribution in [0, 0.1) is 6.92 Å². The number of aryl methyl sites for hydroxylation is 1. The molecule has 146 valence electrons. The van der Waals surface area contributed by atoms with E-state index in [9.17, 15) is 0 Å². The van der Waals surface area contributed by atoms with Crippen LogP contribution in [0.25, 0.3) is 0 Å². The summed E-state index contributed by atoms with van der Waals surface area (Å²) in [6.45, 7) is 4.14. The van der Waals surface area contributed by atoms with Crippen LogP contribution in [0.15, 0.2) is 65.8 Å². The number of nitrogens with one attached hydrogen (secondary N) is 2. The average molecular weight is 395 g/mol. The van der Waals surface area contributed by atoms with Crippen molar-refractivity contribution in [3.8, 4) is 5.75 Å². The molecule has 0 amide bonds. The summed E-state index contributed by atoms with van der Waals surface area (Å²) >= 11 is 1.70. The molecule has 5 nitrogen and oxygen atoms in total. The Morgan fingerprint density at radius 1 is 1.04 bits per heavy atom. The summed E-state index contributed by atoms with van der Waals surface area (Å²) in [5.41, 5.74) is 2.42. The van der Waals surface area contributed by atoms with Crippen LogP contribution < -0.4 is 15.4 Å². The number of ether oxygens (including phenoxy) is 1. The third-order valence-electron chi connectivity index (χ3n) is 4.18. The molecule has 0 aliphatic heterocycles. The molecule has 6 heteroatoms. The highest BCUT2D eigenvalue weighted by Crippen LogP contribution is 2.14. The Morgan fingerprint density at radius 2 is 1.82 bits per heavy atom. The maximum Gasteiger partial charge on any atom is 0.191 e. The van der Waals surface area contributed by atoms with E-state index >= 15 is 0 Å². The van der Waals surface area contributed by atoms with Crippen LogP contribution >= 0.6 is 11.3 Å². The summed E-state index contributed by atoms with van der Waals surface area (Å²) in [6, 6.07) is 18.5. The van der Waals surface area contributed by atoms with Crippen molar-refractivity contribution >= 4 is 17.3 Å². The highest BCUT2D eigenvalue weighted by atomic mass is 32.1. The first-order valence-electron chi connectivity index (χ1n) is 9.34. The molecule has 0 fully saturated rings. The van der Waals surface area contributed by atoms with E-state index in [-0.39, 0.29) is 0 Å². The summed E-state index contributed by atoms with van der Waals surface area (Å²) < 4.78 is 5.83. The van der Waals surface area contributed by atoms with Crippen molar-refractivity contribution in [1.82, 2.24) is 15.6 Å². The van der Waals surface area contributed by atoms with Gasteiger partial charge in [-0.25, -0.2) is 4.98 Å². The first kappa shape index (κ1) is 19.9. The van der Waals surface area contributed by atoms with E-state index in [0.29, 0.717) is 13.2 Å². The lowest BCUT2D eigenvalue weighted by molar-refractivity contribution is 0.306. The van der Waals surface area contributed by atoms with E-state index in [0.717, 1.165) is 29.7 Å². The van der Waals surface area contributed by atoms with E-state index in [1.54, 1.807) is 18.4 Å². The predicted octanol–water partition coefficient (Wildman–Crippen LogP) is 3.94. The molecule has 2 aromatic carbocycles. The summed E-state index contributed by atoms with van der Waals surface area (Å²) in [5.74, 6) is 1.67. The maximum absolute atomic E-state index is 5.83. The van der Waals surface area contributed by atoms with Crippen LogP contribution in [0.3, 0.4) is 0 Å². The second-order valence-corrected chi connectivity index (χ2v) is 7.70. The summed E-state index contributed by atoms with van der Waals surface area (Å²) in [7, 11) is 1.78. The van der Waals surface area contributed by atoms with E-state index in [1.807, 2.05) is 36.5 Å². The third kappa shape index (κ3) is 6.39. The maximum atomic E-state index is 5.83. The van der Waals surface area contributed by atoms with Gasteiger partial charge in [0.25, 0.3) is 0 Å². The largest absolute Gasteiger partial charge is 0.489 e. The minimum atomic E-state index is 0.586. The number of benzene rings is 2. The van der Waals surface area contributed by atoms with E-state index in [4.69, 9.17) is 4.74 Å². The minimum absolute atomic E-state index is 0.586. The van der Waals surface area contributed by atoms with Gasteiger partial charge < -0.3 is 15.4 Å². The summed E-state index contributed by atoms with van der Waals surface area (Å²) in [4.78, 5) is 9.83. The minimum Gasteiger partial charge on any atom is -0.489 e. The smallest absolute Gasteiger partial charge is 0.191 e. The second kappa shape index (κ2) is 10.5. The fourth-order valence-corrected chi connectivity index (χ4v) is 3.41. The fraction of sp³-hybridized carbons (Fsp3) is 0.273. The topological polar surface area (TPSA) is 58.5 Å². The Bertz CT molecular complexity index is 875. The highest BCUT2D eigenvalue weighted by molar-refractivity contribution is 7.11. The average Bonchev–Trinajstić information content (AvgIpc) is 3.16. The van der Waals surface area contributed by atoms with Crippen LogP contribution in [0.1, 0.15) is 21.0 Å². The lowest BCUT2D eigenvalue weighted by Gasteiger charge is -2.11. The lowest BCUT2D eigenvalue weighted by Crippen LogP contribution is -2.37. The van der Waals surface area contributed by atoms with Crippen molar-refractivity contribution in [2.75, 3.05) is 13.6 Å². The number of aliphatic imine (C=N–C) groups is 1. The van der Waals surface area contributed by atoms with Gasteiger partial charge in [0.2, 0.25) is 0 Å². The van der Waals surface area contributed by atoms with E-state index < -0.39 is 0 Å². The molecule has 3 rings (SSSR count). The van der Waals surface area contributed by atoms with Gasteiger partial charge in [-0.3, -0.25) is 4.99 Å². The molecule has 1 heterocycles. The van der Waals surface area contributed by atoms with Gasteiger partial charge in [0.1, 0.15) is 17.4 Å². The molecule has 0 radical (unpaired) electrons. The molecule has 0 saturated heterocycles. The summed E-state index contributed by atoms with van der Waals surface area (Å²) in [5, 5.41) is 7.70. The molecule has 0 unspecified atom stereocenters. The second-order valence-electron chi connectivity index (χ2n) is 6.39. The zero-order valence-corrected chi connectivity index (χ0v) is 17.1. The Labute approximate surface area is 170 Å². The molecule has 0 saturated carbocycles. The van der Waals surface area contributed by atoms with Crippen LogP contribution in [0.4, 0.5) is 0 Å². The molecule has 3 aromatic rings. The van der Waals surface area contributed by atoms with Gasteiger partial charge in [-0.1, -0.05) is 42.5 Å². The molecular weight excluding hydrogens is 368 g/mol. The van der Waals surface area contributed by atoms with E-state index in [1.165, 1.54) is 16.0 Å². The molecule has 0 spiro atoms. The van der Waals surface area contributed by atoms with Crippen molar-refractivity contribution in [2.45, 2.75) is 26.5 Å². The van der Waals surface area contributed by atoms with Crippen LogP contribution in [0.5, 0.6) is 5.75 Å². The lowest BCUT2D eigenvalue weighted by atomic mass is 10.1. The van der Waals surface area contributed by atoms with Crippen molar-refractivity contribution in [3.05, 3.63) is 81.8 Å². The molecule has 0 aliphatic carbocycles. The monoisotopic (exact) mass is 394 g/mol. The molecule has 2 N–H and O–H groups in total. The molecule has 1 aromatic heterocycles. The van der Waals surface area contributed by atoms with Crippen LogP contribution in [-0.2, 0) is 19.6 Å². The molecule has 0 aliphatic rings.